The average molecular weight is 374 g/mol. The maximum Gasteiger partial charge on any atom is 0.258 e. The van der Waals surface area contributed by atoms with E-state index in [4.69, 9.17) is 9.26 Å². The van der Waals surface area contributed by atoms with Gasteiger partial charge >= 0.3 is 0 Å². The number of imidazole rings is 1. The topological polar surface area (TPSA) is 66.0 Å². The Morgan fingerprint density at radius 2 is 1.86 bits per heavy atom. The lowest BCUT2D eigenvalue weighted by Crippen LogP contribution is -2.06. The monoisotopic (exact) mass is 374 g/mol. The van der Waals surface area contributed by atoms with Crippen LogP contribution >= 0.6 is 0 Å². The van der Waals surface area contributed by atoms with E-state index in [1.165, 1.54) is 5.56 Å². The smallest absolute Gasteiger partial charge is 0.258 e. The SMILES string of the molecule is Cc1cc(-c2nc(-c3ccc(Cn4ccnc4)cc3)no2)ccc1OC(C)C. The van der Waals surface area contributed by atoms with Crippen LogP contribution in [0.5, 0.6) is 5.75 Å². The number of aryl methyl sites for hydroxylation is 1. The molecule has 2 heterocycles. The molecule has 0 fully saturated rings. The first-order chi connectivity index (χ1) is 13.6. The molecule has 0 aliphatic rings. The molecule has 0 atom stereocenters. The summed E-state index contributed by atoms with van der Waals surface area (Å²) in [6, 6.07) is 14.0. The summed E-state index contributed by atoms with van der Waals surface area (Å²) < 4.78 is 13.3. The van der Waals surface area contributed by atoms with Crippen LogP contribution in [0.15, 0.2) is 65.7 Å². The molecule has 6 nitrogen and oxygen atoms in total. The lowest BCUT2D eigenvalue weighted by molar-refractivity contribution is 0.241. The van der Waals surface area contributed by atoms with Gasteiger partial charge in [0.25, 0.3) is 5.89 Å². The molecule has 0 unspecified atom stereocenters. The molecular weight excluding hydrogens is 352 g/mol. The molecule has 28 heavy (non-hydrogen) atoms. The van der Waals surface area contributed by atoms with Crippen molar-refractivity contribution in [2.75, 3.05) is 0 Å². The summed E-state index contributed by atoms with van der Waals surface area (Å²) in [5, 5.41) is 4.14. The van der Waals surface area contributed by atoms with E-state index in [1.807, 2.05) is 61.9 Å². The highest BCUT2D eigenvalue weighted by molar-refractivity contribution is 5.61. The Balaban J connectivity index is 1.52. The minimum atomic E-state index is 0.135. The number of ether oxygens (including phenoxy) is 1. The van der Waals surface area contributed by atoms with Gasteiger partial charge in [0.1, 0.15) is 5.75 Å². The molecule has 2 aromatic carbocycles. The maximum atomic E-state index is 5.79. The van der Waals surface area contributed by atoms with Crippen LogP contribution in [0.25, 0.3) is 22.8 Å². The highest BCUT2D eigenvalue weighted by atomic mass is 16.5. The van der Waals surface area contributed by atoms with Gasteiger partial charge in [-0.15, -0.1) is 0 Å². The first-order valence-corrected chi connectivity index (χ1v) is 9.25. The lowest BCUT2D eigenvalue weighted by Gasteiger charge is -2.12. The Kier molecular flexibility index (Phi) is 4.93. The molecule has 4 rings (SSSR count). The standard InChI is InChI=1S/C22H22N4O2/c1-15(2)27-20-9-8-19(12-16(20)3)22-24-21(25-28-22)18-6-4-17(5-7-18)13-26-11-10-23-14-26/h4-12,14-15H,13H2,1-3H3. The van der Waals surface area contributed by atoms with E-state index >= 15 is 0 Å². The van der Waals surface area contributed by atoms with Crippen molar-refractivity contribution in [3.05, 3.63) is 72.3 Å². The van der Waals surface area contributed by atoms with E-state index in [0.717, 1.165) is 29.0 Å². The predicted molar refractivity (Wildman–Crippen MR) is 107 cm³/mol. The highest BCUT2D eigenvalue weighted by Crippen LogP contribution is 2.27. The largest absolute Gasteiger partial charge is 0.491 e. The molecule has 0 aliphatic heterocycles. The molecule has 6 heteroatoms. The summed E-state index contributed by atoms with van der Waals surface area (Å²) in [5.74, 6) is 1.94. The van der Waals surface area contributed by atoms with Crippen LogP contribution < -0.4 is 4.74 Å². The molecule has 142 valence electrons. The minimum Gasteiger partial charge on any atom is -0.491 e. The molecule has 0 bridgehead atoms. The van der Waals surface area contributed by atoms with Gasteiger partial charge in [-0.25, -0.2) is 4.98 Å². The third-order valence-corrected chi connectivity index (χ3v) is 4.35. The summed E-state index contributed by atoms with van der Waals surface area (Å²) >= 11 is 0. The van der Waals surface area contributed by atoms with Gasteiger partial charge in [0.05, 0.1) is 12.4 Å². The van der Waals surface area contributed by atoms with Gasteiger partial charge in [-0.3, -0.25) is 0 Å². The van der Waals surface area contributed by atoms with E-state index in [1.54, 1.807) is 12.5 Å². The molecule has 0 aliphatic carbocycles. The van der Waals surface area contributed by atoms with Crippen LogP contribution in [0.2, 0.25) is 0 Å². The van der Waals surface area contributed by atoms with E-state index in [2.05, 4.69) is 27.3 Å². The molecule has 0 saturated heterocycles. The van der Waals surface area contributed by atoms with Crippen molar-refractivity contribution in [2.45, 2.75) is 33.4 Å². The van der Waals surface area contributed by atoms with Gasteiger partial charge < -0.3 is 13.8 Å². The normalized spacial score (nSPS) is 11.1. The van der Waals surface area contributed by atoms with Gasteiger partial charge in [-0.1, -0.05) is 29.4 Å². The van der Waals surface area contributed by atoms with Crippen molar-refractivity contribution >= 4 is 0 Å². The molecule has 0 spiro atoms. The Hall–Kier alpha value is -3.41. The zero-order valence-electron chi connectivity index (χ0n) is 16.2. The van der Waals surface area contributed by atoms with E-state index in [-0.39, 0.29) is 6.10 Å². The molecule has 0 N–H and O–H groups in total. The maximum absolute atomic E-state index is 5.79. The molecular formula is C22H22N4O2. The molecule has 0 saturated carbocycles. The van der Waals surface area contributed by atoms with Crippen molar-refractivity contribution in [3.8, 4) is 28.6 Å². The van der Waals surface area contributed by atoms with Crippen molar-refractivity contribution < 1.29 is 9.26 Å². The number of nitrogens with zero attached hydrogens (tertiary/aromatic N) is 4. The van der Waals surface area contributed by atoms with Gasteiger partial charge in [0.15, 0.2) is 0 Å². The fourth-order valence-electron chi connectivity index (χ4n) is 2.98. The zero-order chi connectivity index (χ0) is 19.5. The van der Waals surface area contributed by atoms with Crippen LogP contribution in [0.1, 0.15) is 25.0 Å². The molecule has 4 aromatic rings. The van der Waals surface area contributed by atoms with Gasteiger partial charge in [-0.05, 0) is 50.1 Å². The second-order valence-electron chi connectivity index (χ2n) is 7.00. The van der Waals surface area contributed by atoms with E-state index in [0.29, 0.717) is 11.7 Å². The third-order valence-electron chi connectivity index (χ3n) is 4.35. The number of benzene rings is 2. The van der Waals surface area contributed by atoms with Crippen molar-refractivity contribution in [1.29, 1.82) is 0 Å². The molecule has 0 amide bonds. The van der Waals surface area contributed by atoms with E-state index in [9.17, 15) is 0 Å². The van der Waals surface area contributed by atoms with Crippen LogP contribution in [-0.2, 0) is 6.54 Å². The number of aromatic nitrogens is 4. The van der Waals surface area contributed by atoms with Crippen LogP contribution in [-0.4, -0.2) is 25.8 Å². The van der Waals surface area contributed by atoms with Crippen LogP contribution in [0.3, 0.4) is 0 Å². The second-order valence-corrected chi connectivity index (χ2v) is 7.00. The first kappa shape index (κ1) is 18.0. The summed E-state index contributed by atoms with van der Waals surface area (Å²) in [7, 11) is 0. The summed E-state index contributed by atoms with van der Waals surface area (Å²) in [6.45, 7) is 6.82. The van der Waals surface area contributed by atoms with Crippen molar-refractivity contribution in [2.24, 2.45) is 0 Å². The Morgan fingerprint density at radius 1 is 1.07 bits per heavy atom. The third kappa shape index (κ3) is 3.96. The fourth-order valence-corrected chi connectivity index (χ4v) is 2.98. The first-order valence-electron chi connectivity index (χ1n) is 9.25. The van der Waals surface area contributed by atoms with Crippen molar-refractivity contribution in [3.63, 3.8) is 0 Å². The summed E-state index contributed by atoms with van der Waals surface area (Å²) in [5.41, 5.74) is 4.02. The number of hydrogen-bond acceptors (Lipinski definition) is 5. The van der Waals surface area contributed by atoms with Gasteiger partial charge in [-0.2, -0.15) is 4.98 Å². The van der Waals surface area contributed by atoms with Crippen molar-refractivity contribution in [1.82, 2.24) is 19.7 Å². The summed E-state index contributed by atoms with van der Waals surface area (Å²) in [4.78, 5) is 8.62. The Bertz CT molecular complexity index is 1050. The predicted octanol–water partition coefficient (Wildman–Crippen LogP) is 4.74. The van der Waals surface area contributed by atoms with Crippen LogP contribution in [0.4, 0.5) is 0 Å². The fraction of sp³-hybridized carbons (Fsp3) is 0.227. The Morgan fingerprint density at radius 3 is 2.54 bits per heavy atom. The zero-order valence-corrected chi connectivity index (χ0v) is 16.2. The number of rotatable bonds is 6. The van der Waals surface area contributed by atoms with Gasteiger partial charge in [0, 0.05) is 30.1 Å². The van der Waals surface area contributed by atoms with Gasteiger partial charge in [0.2, 0.25) is 5.82 Å². The molecule has 2 aromatic heterocycles. The lowest BCUT2D eigenvalue weighted by atomic mass is 10.1. The van der Waals surface area contributed by atoms with Crippen LogP contribution in [0, 0.1) is 6.92 Å². The summed E-state index contributed by atoms with van der Waals surface area (Å²) in [6.07, 6.45) is 5.66. The Labute approximate surface area is 163 Å². The highest BCUT2D eigenvalue weighted by Gasteiger charge is 2.12. The quantitative estimate of drug-likeness (QED) is 0.487. The average Bonchev–Trinajstić information content (AvgIpc) is 3.36. The second kappa shape index (κ2) is 7.68. The minimum absolute atomic E-state index is 0.135. The number of hydrogen-bond donors (Lipinski definition) is 0. The molecule has 0 radical (unpaired) electrons. The van der Waals surface area contributed by atoms with E-state index < -0.39 is 0 Å².